The van der Waals surface area contributed by atoms with Crippen molar-refractivity contribution >= 4 is 21.8 Å². The Labute approximate surface area is 157 Å². The molecular formula is C20H24BrNO3. The van der Waals surface area contributed by atoms with Gasteiger partial charge in [0.05, 0.1) is 6.61 Å². The number of aryl methyl sites for hydroxylation is 1. The quantitative estimate of drug-likeness (QED) is 0.597. The molecule has 2 rings (SSSR count). The summed E-state index contributed by atoms with van der Waals surface area (Å²) in [5, 5.41) is 2.88. The Bertz CT molecular complexity index is 658. The molecule has 0 radical (unpaired) electrons. The van der Waals surface area contributed by atoms with E-state index in [9.17, 15) is 4.79 Å². The normalized spacial score (nSPS) is 10.3. The zero-order chi connectivity index (χ0) is 17.9. The molecule has 1 amide bonds. The van der Waals surface area contributed by atoms with Gasteiger partial charge in [0.2, 0.25) is 0 Å². The number of hydrogen-bond donors (Lipinski definition) is 1. The van der Waals surface area contributed by atoms with E-state index in [4.69, 9.17) is 9.47 Å². The van der Waals surface area contributed by atoms with E-state index in [1.54, 1.807) is 0 Å². The van der Waals surface area contributed by atoms with Crippen LogP contribution in [-0.2, 0) is 11.2 Å². The van der Waals surface area contributed by atoms with E-state index in [2.05, 4.69) is 34.2 Å². The van der Waals surface area contributed by atoms with Crippen LogP contribution in [0.2, 0.25) is 0 Å². The highest BCUT2D eigenvalue weighted by atomic mass is 79.9. The second kappa shape index (κ2) is 10.8. The summed E-state index contributed by atoms with van der Waals surface area (Å²) >= 11 is 3.36. The standard InChI is InChI=1S/C20H24BrNO3/c1-2-14-24-19-8-4-3-6-16(19)7-5-13-22-20(23)15-25-18-11-9-17(21)10-12-18/h3-4,6,8-12H,2,5,7,13-15H2,1H3,(H,22,23). The number of ether oxygens (including phenoxy) is 2. The van der Waals surface area contributed by atoms with Crippen LogP contribution in [0.4, 0.5) is 0 Å². The maximum absolute atomic E-state index is 11.8. The third kappa shape index (κ3) is 7.18. The lowest BCUT2D eigenvalue weighted by Crippen LogP contribution is -2.29. The number of amides is 1. The van der Waals surface area contributed by atoms with Crippen LogP contribution in [0.5, 0.6) is 11.5 Å². The maximum Gasteiger partial charge on any atom is 0.257 e. The van der Waals surface area contributed by atoms with E-state index in [1.807, 2.05) is 42.5 Å². The fourth-order valence-electron chi connectivity index (χ4n) is 2.30. The first-order chi connectivity index (χ1) is 12.2. The third-order valence-corrected chi connectivity index (χ3v) is 4.09. The van der Waals surface area contributed by atoms with Crippen molar-refractivity contribution in [3.05, 3.63) is 58.6 Å². The first-order valence-electron chi connectivity index (χ1n) is 8.55. The Morgan fingerprint density at radius 3 is 2.60 bits per heavy atom. The summed E-state index contributed by atoms with van der Waals surface area (Å²) < 4.78 is 12.2. The Kier molecular flexibility index (Phi) is 8.32. The van der Waals surface area contributed by atoms with Gasteiger partial charge >= 0.3 is 0 Å². The van der Waals surface area contributed by atoms with Crippen LogP contribution >= 0.6 is 15.9 Å². The fourth-order valence-corrected chi connectivity index (χ4v) is 2.56. The largest absolute Gasteiger partial charge is 0.493 e. The van der Waals surface area contributed by atoms with Crippen molar-refractivity contribution in [1.82, 2.24) is 5.32 Å². The van der Waals surface area contributed by atoms with Crippen molar-refractivity contribution in [2.45, 2.75) is 26.2 Å². The van der Waals surface area contributed by atoms with Crippen LogP contribution in [0.15, 0.2) is 53.0 Å². The van der Waals surface area contributed by atoms with E-state index in [1.165, 1.54) is 5.56 Å². The molecule has 2 aromatic carbocycles. The van der Waals surface area contributed by atoms with Crippen LogP contribution in [-0.4, -0.2) is 25.7 Å². The number of carbonyl (C=O) groups excluding carboxylic acids is 1. The molecule has 4 nitrogen and oxygen atoms in total. The predicted molar refractivity (Wildman–Crippen MR) is 103 cm³/mol. The minimum Gasteiger partial charge on any atom is -0.493 e. The molecule has 5 heteroatoms. The van der Waals surface area contributed by atoms with Gasteiger partial charge in [0.25, 0.3) is 5.91 Å². The molecule has 0 fully saturated rings. The Morgan fingerprint density at radius 1 is 1.08 bits per heavy atom. The van der Waals surface area contributed by atoms with Gasteiger partial charge in [-0.2, -0.15) is 0 Å². The monoisotopic (exact) mass is 405 g/mol. The lowest BCUT2D eigenvalue weighted by molar-refractivity contribution is -0.123. The van der Waals surface area contributed by atoms with Gasteiger partial charge in [-0.15, -0.1) is 0 Å². The van der Waals surface area contributed by atoms with Gasteiger partial charge in [0, 0.05) is 11.0 Å². The number of hydrogen-bond acceptors (Lipinski definition) is 3. The molecule has 25 heavy (non-hydrogen) atoms. The summed E-state index contributed by atoms with van der Waals surface area (Å²) in [5.41, 5.74) is 1.18. The summed E-state index contributed by atoms with van der Waals surface area (Å²) in [6.45, 7) is 3.46. The third-order valence-electron chi connectivity index (χ3n) is 3.56. The van der Waals surface area contributed by atoms with Gasteiger partial charge in [-0.1, -0.05) is 41.1 Å². The molecule has 0 saturated heterocycles. The van der Waals surface area contributed by atoms with E-state index in [-0.39, 0.29) is 12.5 Å². The van der Waals surface area contributed by atoms with E-state index in [0.717, 1.165) is 36.1 Å². The molecule has 0 atom stereocenters. The molecule has 2 aromatic rings. The summed E-state index contributed by atoms with van der Waals surface area (Å²) in [6, 6.07) is 15.5. The van der Waals surface area contributed by atoms with Crippen LogP contribution < -0.4 is 14.8 Å². The number of carbonyl (C=O) groups is 1. The second-order valence-electron chi connectivity index (χ2n) is 5.65. The molecule has 1 N–H and O–H groups in total. The Morgan fingerprint density at radius 2 is 1.84 bits per heavy atom. The minimum atomic E-state index is -0.113. The van der Waals surface area contributed by atoms with Gasteiger partial charge in [0.1, 0.15) is 11.5 Å². The highest BCUT2D eigenvalue weighted by Gasteiger charge is 2.05. The van der Waals surface area contributed by atoms with Crippen molar-refractivity contribution in [1.29, 1.82) is 0 Å². The molecule has 0 aliphatic rings. The minimum absolute atomic E-state index is 0.0256. The summed E-state index contributed by atoms with van der Waals surface area (Å²) in [6.07, 6.45) is 2.72. The molecule has 0 heterocycles. The molecule has 134 valence electrons. The topological polar surface area (TPSA) is 47.6 Å². The lowest BCUT2D eigenvalue weighted by atomic mass is 10.1. The number of nitrogens with one attached hydrogen (secondary N) is 1. The molecule has 0 saturated carbocycles. The van der Waals surface area contributed by atoms with Gasteiger partial charge < -0.3 is 14.8 Å². The summed E-state index contributed by atoms with van der Waals surface area (Å²) in [5.74, 6) is 1.51. The molecule has 0 unspecified atom stereocenters. The zero-order valence-electron chi connectivity index (χ0n) is 14.5. The average Bonchev–Trinajstić information content (AvgIpc) is 2.64. The van der Waals surface area contributed by atoms with E-state index >= 15 is 0 Å². The lowest BCUT2D eigenvalue weighted by Gasteiger charge is -2.11. The van der Waals surface area contributed by atoms with Crippen molar-refractivity contribution in [3.63, 3.8) is 0 Å². The number of benzene rings is 2. The van der Waals surface area contributed by atoms with Crippen LogP contribution in [0.1, 0.15) is 25.3 Å². The summed E-state index contributed by atoms with van der Waals surface area (Å²) in [4.78, 5) is 11.8. The van der Waals surface area contributed by atoms with Crippen LogP contribution in [0, 0.1) is 0 Å². The maximum atomic E-state index is 11.8. The zero-order valence-corrected chi connectivity index (χ0v) is 16.1. The molecule has 0 spiro atoms. The smallest absolute Gasteiger partial charge is 0.257 e. The van der Waals surface area contributed by atoms with Crippen molar-refractivity contribution in [3.8, 4) is 11.5 Å². The van der Waals surface area contributed by atoms with Crippen molar-refractivity contribution in [2.75, 3.05) is 19.8 Å². The first-order valence-corrected chi connectivity index (χ1v) is 9.34. The molecule has 0 bridgehead atoms. The number of para-hydroxylation sites is 1. The van der Waals surface area contributed by atoms with Crippen molar-refractivity contribution in [2.24, 2.45) is 0 Å². The predicted octanol–water partition coefficient (Wildman–Crippen LogP) is 4.37. The number of rotatable bonds is 10. The Hall–Kier alpha value is -2.01. The van der Waals surface area contributed by atoms with Gasteiger partial charge in [-0.3, -0.25) is 4.79 Å². The van der Waals surface area contributed by atoms with E-state index in [0.29, 0.717) is 12.3 Å². The number of halogens is 1. The van der Waals surface area contributed by atoms with Crippen LogP contribution in [0.3, 0.4) is 0 Å². The van der Waals surface area contributed by atoms with Gasteiger partial charge in [-0.05, 0) is 55.2 Å². The van der Waals surface area contributed by atoms with Gasteiger partial charge in [0.15, 0.2) is 6.61 Å². The van der Waals surface area contributed by atoms with Crippen LogP contribution in [0.25, 0.3) is 0 Å². The SMILES string of the molecule is CCCOc1ccccc1CCCNC(=O)COc1ccc(Br)cc1. The first kappa shape index (κ1) is 19.3. The average molecular weight is 406 g/mol. The van der Waals surface area contributed by atoms with E-state index < -0.39 is 0 Å². The van der Waals surface area contributed by atoms with Gasteiger partial charge in [-0.25, -0.2) is 0 Å². The Balaban J connectivity index is 1.67. The molecule has 0 aliphatic carbocycles. The summed E-state index contributed by atoms with van der Waals surface area (Å²) in [7, 11) is 0. The highest BCUT2D eigenvalue weighted by Crippen LogP contribution is 2.19. The molecule has 0 aliphatic heterocycles. The highest BCUT2D eigenvalue weighted by molar-refractivity contribution is 9.10. The molecular weight excluding hydrogens is 382 g/mol. The second-order valence-corrected chi connectivity index (χ2v) is 6.57. The molecule has 0 aromatic heterocycles. The van der Waals surface area contributed by atoms with Crippen molar-refractivity contribution < 1.29 is 14.3 Å². The fraction of sp³-hybridized carbons (Fsp3) is 0.350.